The van der Waals surface area contributed by atoms with Crippen LogP contribution in [0.3, 0.4) is 0 Å². The molecule has 3 rings (SSSR count). The normalized spacial score (nSPS) is 37.6. The van der Waals surface area contributed by atoms with Gasteiger partial charge in [0.25, 0.3) is 0 Å². The van der Waals surface area contributed by atoms with E-state index in [0.717, 1.165) is 12.0 Å². The van der Waals surface area contributed by atoms with Crippen LogP contribution in [0, 0.1) is 23.2 Å². The zero-order chi connectivity index (χ0) is 22.1. The second-order valence-corrected chi connectivity index (χ2v) is 11.0. The van der Waals surface area contributed by atoms with E-state index in [1.807, 2.05) is 13.8 Å². The van der Waals surface area contributed by atoms with E-state index in [-0.39, 0.29) is 0 Å². The van der Waals surface area contributed by atoms with Gasteiger partial charge in [0.2, 0.25) is 0 Å². The number of hydrogen-bond acceptors (Lipinski definition) is 3. The molecule has 0 unspecified atom stereocenters. The summed E-state index contributed by atoms with van der Waals surface area (Å²) in [5.41, 5.74) is 2.93. The Bertz CT molecular complexity index is 707. The molecule has 0 bridgehead atoms. The Morgan fingerprint density at radius 3 is 2.47 bits per heavy atom. The highest BCUT2D eigenvalue weighted by atomic mass is 16.3. The van der Waals surface area contributed by atoms with Crippen LogP contribution < -0.4 is 0 Å². The van der Waals surface area contributed by atoms with Gasteiger partial charge in [-0.1, -0.05) is 55.9 Å². The van der Waals surface area contributed by atoms with Crippen molar-refractivity contribution < 1.29 is 15.3 Å². The third kappa shape index (κ3) is 5.18. The molecular formula is C27H42O3. The minimum atomic E-state index is -0.640. The predicted molar refractivity (Wildman–Crippen MR) is 124 cm³/mol. The molecule has 0 aromatic rings. The fraction of sp³-hybridized carbons (Fsp3) is 0.704. The third-order valence-corrected chi connectivity index (χ3v) is 8.03. The van der Waals surface area contributed by atoms with E-state index >= 15 is 0 Å². The number of allylic oxidation sites excluding steroid dienone is 4. The van der Waals surface area contributed by atoms with Crippen molar-refractivity contribution >= 4 is 0 Å². The van der Waals surface area contributed by atoms with Crippen molar-refractivity contribution in [2.24, 2.45) is 23.2 Å². The van der Waals surface area contributed by atoms with Crippen molar-refractivity contribution in [1.29, 1.82) is 0 Å². The van der Waals surface area contributed by atoms with Crippen LogP contribution in [0.1, 0.15) is 79.1 Å². The number of rotatable bonds is 5. The van der Waals surface area contributed by atoms with E-state index in [1.54, 1.807) is 5.57 Å². The van der Waals surface area contributed by atoms with Crippen molar-refractivity contribution in [3.05, 3.63) is 47.6 Å². The first kappa shape index (κ1) is 23.5. The lowest BCUT2D eigenvalue weighted by atomic mass is 9.61. The molecule has 3 fully saturated rings. The maximum atomic E-state index is 10.1. The Balaban J connectivity index is 1.72. The average Bonchev–Trinajstić information content (AvgIpc) is 3.00. The highest BCUT2D eigenvalue weighted by molar-refractivity contribution is 5.29. The van der Waals surface area contributed by atoms with Crippen LogP contribution in [0.4, 0.5) is 0 Å². The van der Waals surface area contributed by atoms with Gasteiger partial charge in [-0.25, -0.2) is 0 Å². The van der Waals surface area contributed by atoms with Gasteiger partial charge >= 0.3 is 0 Å². The second-order valence-electron chi connectivity index (χ2n) is 11.0. The Morgan fingerprint density at radius 2 is 1.83 bits per heavy atom. The molecule has 3 aliphatic rings. The highest BCUT2D eigenvalue weighted by Crippen LogP contribution is 2.59. The second kappa shape index (κ2) is 9.14. The van der Waals surface area contributed by atoms with Crippen LogP contribution in [0.5, 0.6) is 0 Å². The van der Waals surface area contributed by atoms with E-state index in [2.05, 4.69) is 44.7 Å². The van der Waals surface area contributed by atoms with Gasteiger partial charge < -0.3 is 15.3 Å². The molecule has 3 aliphatic carbocycles. The van der Waals surface area contributed by atoms with Crippen molar-refractivity contribution in [2.45, 2.75) is 96.9 Å². The molecule has 0 spiro atoms. The summed E-state index contributed by atoms with van der Waals surface area (Å²) in [5.74, 6) is 1.83. The Morgan fingerprint density at radius 1 is 1.17 bits per heavy atom. The Kier molecular flexibility index (Phi) is 7.16. The van der Waals surface area contributed by atoms with Crippen LogP contribution in [0.15, 0.2) is 47.6 Å². The fourth-order valence-electron chi connectivity index (χ4n) is 6.27. The van der Waals surface area contributed by atoms with Crippen LogP contribution >= 0.6 is 0 Å². The number of aliphatic hydroxyl groups excluding tert-OH is 2. The molecule has 0 saturated heterocycles. The molecule has 3 saturated carbocycles. The van der Waals surface area contributed by atoms with E-state index in [0.29, 0.717) is 48.0 Å². The third-order valence-electron chi connectivity index (χ3n) is 8.03. The standard InChI is InChI=1S/C27H42O3/c1-18(8-6-14-26(3,4)30)22-12-13-23-21(9-7-15-27(22,23)5)11-10-20-16-24(28)19(2)25(29)17-20/h6,8,10-11,18,22-25,28-30H,2,7,9,12-17H2,1,3-5H3/b8-6+,21-11+/t18-,22-,23+,24-,25-,27-/m1/s1. The zero-order valence-electron chi connectivity index (χ0n) is 19.4. The molecule has 0 radical (unpaired) electrons. The molecule has 0 aromatic heterocycles. The number of aliphatic hydroxyl groups is 3. The maximum absolute atomic E-state index is 10.1. The first-order valence-corrected chi connectivity index (χ1v) is 11.8. The van der Waals surface area contributed by atoms with Crippen LogP contribution in [0.25, 0.3) is 0 Å². The summed E-state index contributed by atoms with van der Waals surface area (Å²) >= 11 is 0. The summed E-state index contributed by atoms with van der Waals surface area (Å²) in [6.07, 6.45) is 15.8. The quantitative estimate of drug-likeness (QED) is 0.522. The first-order valence-electron chi connectivity index (χ1n) is 11.8. The zero-order valence-corrected chi connectivity index (χ0v) is 19.4. The van der Waals surface area contributed by atoms with Crippen molar-refractivity contribution in [1.82, 2.24) is 0 Å². The summed E-state index contributed by atoms with van der Waals surface area (Å²) in [4.78, 5) is 0. The monoisotopic (exact) mass is 414 g/mol. The van der Waals surface area contributed by atoms with Crippen molar-refractivity contribution in [3.8, 4) is 0 Å². The van der Waals surface area contributed by atoms with Crippen molar-refractivity contribution in [3.63, 3.8) is 0 Å². The molecule has 0 heterocycles. The Hall–Kier alpha value is -1.16. The molecule has 30 heavy (non-hydrogen) atoms. The van der Waals surface area contributed by atoms with Gasteiger partial charge in [0.15, 0.2) is 0 Å². The van der Waals surface area contributed by atoms with Crippen molar-refractivity contribution in [2.75, 3.05) is 0 Å². The van der Waals surface area contributed by atoms with Gasteiger partial charge in [0, 0.05) is 0 Å². The lowest BCUT2D eigenvalue weighted by molar-refractivity contribution is 0.0832. The fourth-order valence-corrected chi connectivity index (χ4v) is 6.27. The van der Waals surface area contributed by atoms with Gasteiger partial charge in [-0.2, -0.15) is 0 Å². The van der Waals surface area contributed by atoms with E-state index in [4.69, 9.17) is 0 Å². The van der Waals surface area contributed by atoms with Gasteiger partial charge in [0.1, 0.15) is 0 Å². The minimum Gasteiger partial charge on any atom is -0.390 e. The van der Waals surface area contributed by atoms with Crippen LogP contribution in [-0.2, 0) is 0 Å². The first-order chi connectivity index (χ1) is 14.0. The lowest BCUT2D eigenvalue weighted by Crippen LogP contribution is -2.35. The molecule has 0 amide bonds. The summed E-state index contributed by atoms with van der Waals surface area (Å²) < 4.78 is 0. The van der Waals surface area contributed by atoms with Gasteiger partial charge in [-0.3, -0.25) is 0 Å². The number of hydrogen-bond donors (Lipinski definition) is 3. The minimum absolute atomic E-state index is 0.334. The molecule has 168 valence electrons. The van der Waals surface area contributed by atoms with E-state index in [1.165, 1.54) is 25.7 Å². The summed E-state index contributed by atoms with van der Waals surface area (Å²) in [7, 11) is 0. The molecule has 3 heteroatoms. The van der Waals surface area contributed by atoms with Crippen LogP contribution in [-0.4, -0.2) is 33.1 Å². The SMILES string of the molecule is C=C1[C@H](O)CC(=C/C=C2\CCC[C@]3(C)[C@@H]([C@H](C)/C=C/CC(C)(C)O)CC[C@@H]23)C[C@H]1O. The number of fused-ring (bicyclic) bond motifs is 1. The van der Waals surface area contributed by atoms with Crippen LogP contribution in [0.2, 0.25) is 0 Å². The molecule has 0 aromatic carbocycles. The summed E-state index contributed by atoms with van der Waals surface area (Å²) in [5, 5.41) is 30.2. The molecule has 0 aliphatic heterocycles. The highest BCUT2D eigenvalue weighted by Gasteiger charge is 2.50. The molecule has 3 N–H and O–H groups in total. The predicted octanol–water partition coefficient (Wildman–Crippen LogP) is 5.48. The topological polar surface area (TPSA) is 60.7 Å². The molecule has 6 atom stereocenters. The summed E-state index contributed by atoms with van der Waals surface area (Å²) in [6, 6.07) is 0. The van der Waals surface area contributed by atoms with Gasteiger partial charge in [0.05, 0.1) is 17.8 Å². The van der Waals surface area contributed by atoms with E-state index < -0.39 is 17.8 Å². The maximum Gasteiger partial charge on any atom is 0.0809 e. The largest absolute Gasteiger partial charge is 0.390 e. The molecule has 3 nitrogen and oxygen atoms in total. The van der Waals surface area contributed by atoms with Gasteiger partial charge in [-0.05, 0) is 94.0 Å². The molecular weight excluding hydrogens is 372 g/mol. The average molecular weight is 415 g/mol. The smallest absolute Gasteiger partial charge is 0.0809 e. The Labute approximate surface area is 183 Å². The lowest BCUT2D eigenvalue weighted by Gasteiger charge is -2.44. The summed E-state index contributed by atoms with van der Waals surface area (Å²) in [6.45, 7) is 12.4. The van der Waals surface area contributed by atoms with E-state index in [9.17, 15) is 15.3 Å². The van der Waals surface area contributed by atoms with Gasteiger partial charge in [-0.15, -0.1) is 0 Å².